The molecule has 64 valence electrons. The van der Waals surface area contributed by atoms with E-state index in [1.165, 1.54) is 19.3 Å². The van der Waals surface area contributed by atoms with E-state index in [4.69, 9.17) is 5.26 Å². The molecule has 0 fully saturated rings. The van der Waals surface area contributed by atoms with E-state index in [0.29, 0.717) is 5.92 Å². The second-order valence-corrected chi connectivity index (χ2v) is 3.79. The summed E-state index contributed by atoms with van der Waals surface area (Å²) < 4.78 is 0. The van der Waals surface area contributed by atoms with E-state index in [-0.39, 0.29) is 0 Å². The lowest BCUT2D eigenvalue weighted by molar-refractivity contribution is 0.463. The third-order valence-electron chi connectivity index (χ3n) is 1.92. The van der Waals surface area contributed by atoms with Crippen LogP contribution in [0.5, 0.6) is 0 Å². The van der Waals surface area contributed by atoms with Crippen molar-refractivity contribution in [2.45, 2.75) is 46.5 Å². The van der Waals surface area contributed by atoms with Crippen molar-refractivity contribution in [1.82, 2.24) is 0 Å². The van der Waals surface area contributed by atoms with Gasteiger partial charge >= 0.3 is 0 Å². The van der Waals surface area contributed by atoms with Gasteiger partial charge in [-0.25, -0.2) is 0 Å². The highest BCUT2D eigenvalue weighted by molar-refractivity contribution is 4.72. The molecular formula is C10H19N. The average Bonchev–Trinajstić information content (AvgIpc) is 1.87. The number of nitrogens with zero attached hydrogens (tertiary/aromatic N) is 1. The van der Waals surface area contributed by atoms with Crippen LogP contribution in [-0.2, 0) is 0 Å². The van der Waals surface area contributed by atoms with E-state index in [2.05, 4.69) is 26.8 Å². The van der Waals surface area contributed by atoms with Gasteiger partial charge in [-0.05, 0) is 18.3 Å². The van der Waals surface area contributed by atoms with E-state index in [9.17, 15) is 0 Å². The standard InChI is InChI=1S/C10H19N/c1-9(2)5-4-6-10(3)7-8-11/h9-10H,4-7H2,1-3H3. The van der Waals surface area contributed by atoms with Crippen molar-refractivity contribution >= 4 is 0 Å². The van der Waals surface area contributed by atoms with E-state index in [1.54, 1.807) is 0 Å². The van der Waals surface area contributed by atoms with Gasteiger partial charge in [-0.15, -0.1) is 0 Å². The zero-order chi connectivity index (χ0) is 8.69. The summed E-state index contributed by atoms with van der Waals surface area (Å²) in [6.45, 7) is 6.65. The van der Waals surface area contributed by atoms with Crippen LogP contribution >= 0.6 is 0 Å². The van der Waals surface area contributed by atoms with Gasteiger partial charge in [-0.2, -0.15) is 5.26 Å². The summed E-state index contributed by atoms with van der Waals surface area (Å²) in [5, 5.41) is 8.40. The van der Waals surface area contributed by atoms with Gasteiger partial charge in [0.2, 0.25) is 0 Å². The van der Waals surface area contributed by atoms with Crippen molar-refractivity contribution in [2.75, 3.05) is 0 Å². The lowest BCUT2D eigenvalue weighted by Gasteiger charge is -2.07. The Morgan fingerprint density at radius 2 is 1.82 bits per heavy atom. The Kier molecular flexibility index (Phi) is 5.93. The molecule has 1 unspecified atom stereocenters. The molecule has 0 bridgehead atoms. The van der Waals surface area contributed by atoms with Crippen LogP contribution in [-0.4, -0.2) is 0 Å². The first-order valence-electron chi connectivity index (χ1n) is 4.53. The lowest BCUT2D eigenvalue weighted by Crippen LogP contribution is -1.94. The smallest absolute Gasteiger partial charge is 0.0624 e. The van der Waals surface area contributed by atoms with E-state index in [0.717, 1.165) is 12.3 Å². The second-order valence-electron chi connectivity index (χ2n) is 3.79. The molecule has 0 aromatic carbocycles. The Morgan fingerprint density at radius 1 is 1.18 bits per heavy atom. The maximum Gasteiger partial charge on any atom is 0.0624 e. The van der Waals surface area contributed by atoms with Crippen LogP contribution < -0.4 is 0 Å². The van der Waals surface area contributed by atoms with Gasteiger partial charge in [0.1, 0.15) is 0 Å². The molecule has 0 heterocycles. The van der Waals surface area contributed by atoms with Crippen molar-refractivity contribution in [3.05, 3.63) is 0 Å². The molecule has 0 rings (SSSR count). The predicted octanol–water partition coefficient (Wildman–Crippen LogP) is 3.36. The van der Waals surface area contributed by atoms with E-state index >= 15 is 0 Å². The number of hydrogen-bond donors (Lipinski definition) is 0. The molecule has 1 heteroatoms. The Bertz CT molecular complexity index is 121. The molecule has 0 radical (unpaired) electrons. The molecule has 0 N–H and O–H groups in total. The fourth-order valence-corrected chi connectivity index (χ4v) is 1.13. The molecule has 0 amide bonds. The molecular weight excluding hydrogens is 134 g/mol. The third-order valence-corrected chi connectivity index (χ3v) is 1.92. The maximum atomic E-state index is 8.40. The molecule has 0 saturated carbocycles. The minimum Gasteiger partial charge on any atom is -0.198 e. The van der Waals surface area contributed by atoms with Crippen LogP contribution in [0, 0.1) is 23.2 Å². The van der Waals surface area contributed by atoms with Crippen molar-refractivity contribution < 1.29 is 0 Å². The normalized spacial score (nSPS) is 13.0. The summed E-state index contributed by atoms with van der Waals surface area (Å²) in [6, 6.07) is 2.21. The molecule has 0 saturated heterocycles. The molecule has 0 aromatic heterocycles. The summed E-state index contributed by atoms with van der Waals surface area (Å²) in [7, 11) is 0. The van der Waals surface area contributed by atoms with Gasteiger partial charge in [0.15, 0.2) is 0 Å². The SMILES string of the molecule is CC(C)CCCC(C)CC#N. The first-order chi connectivity index (χ1) is 5.16. The van der Waals surface area contributed by atoms with Crippen molar-refractivity contribution in [3.8, 4) is 6.07 Å². The second kappa shape index (κ2) is 6.22. The van der Waals surface area contributed by atoms with Crippen LogP contribution in [0.3, 0.4) is 0 Å². The zero-order valence-electron chi connectivity index (χ0n) is 7.93. The third kappa shape index (κ3) is 7.39. The lowest BCUT2D eigenvalue weighted by atomic mass is 9.98. The van der Waals surface area contributed by atoms with Crippen LogP contribution in [0.2, 0.25) is 0 Å². The Morgan fingerprint density at radius 3 is 2.27 bits per heavy atom. The Labute approximate surface area is 70.4 Å². The van der Waals surface area contributed by atoms with Crippen molar-refractivity contribution in [1.29, 1.82) is 5.26 Å². The molecule has 1 atom stereocenters. The maximum absolute atomic E-state index is 8.40. The molecule has 0 aliphatic carbocycles. The van der Waals surface area contributed by atoms with Crippen molar-refractivity contribution in [2.24, 2.45) is 11.8 Å². The first-order valence-corrected chi connectivity index (χ1v) is 4.53. The monoisotopic (exact) mass is 153 g/mol. The summed E-state index contributed by atoms with van der Waals surface area (Å²) in [6.07, 6.45) is 4.51. The minimum absolute atomic E-state index is 0.596. The molecule has 0 aliphatic rings. The first kappa shape index (κ1) is 10.5. The van der Waals surface area contributed by atoms with Gasteiger partial charge in [0.05, 0.1) is 6.07 Å². The number of rotatable bonds is 5. The highest BCUT2D eigenvalue weighted by Crippen LogP contribution is 2.14. The van der Waals surface area contributed by atoms with Gasteiger partial charge in [-0.1, -0.05) is 33.6 Å². The zero-order valence-corrected chi connectivity index (χ0v) is 7.93. The number of hydrogen-bond acceptors (Lipinski definition) is 1. The quantitative estimate of drug-likeness (QED) is 0.594. The molecule has 1 nitrogen and oxygen atoms in total. The topological polar surface area (TPSA) is 23.8 Å². The van der Waals surface area contributed by atoms with Crippen LogP contribution in [0.25, 0.3) is 0 Å². The molecule has 11 heavy (non-hydrogen) atoms. The van der Waals surface area contributed by atoms with E-state index < -0.39 is 0 Å². The van der Waals surface area contributed by atoms with Crippen LogP contribution in [0.15, 0.2) is 0 Å². The average molecular weight is 153 g/mol. The summed E-state index contributed by atoms with van der Waals surface area (Å²) >= 11 is 0. The van der Waals surface area contributed by atoms with Gasteiger partial charge in [0.25, 0.3) is 0 Å². The molecule has 0 aliphatic heterocycles. The Hall–Kier alpha value is -0.510. The molecule has 0 aromatic rings. The van der Waals surface area contributed by atoms with Gasteiger partial charge in [0, 0.05) is 6.42 Å². The van der Waals surface area contributed by atoms with Crippen molar-refractivity contribution in [3.63, 3.8) is 0 Å². The Balaban J connectivity index is 3.18. The van der Waals surface area contributed by atoms with Gasteiger partial charge < -0.3 is 0 Å². The fourth-order valence-electron chi connectivity index (χ4n) is 1.13. The van der Waals surface area contributed by atoms with Crippen LogP contribution in [0.4, 0.5) is 0 Å². The summed E-state index contributed by atoms with van der Waals surface area (Å²) in [4.78, 5) is 0. The number of nitriles is 1. The highest BCUT2D eigenvalue weighted by atomic mass is 14.2. The largest absolute Gasteiger partial charge is 0.198 e. The highest BCUT2D eigenvalue weighted by Gasteiger charge is 2.01. The van der Waals surface area contributed by atoms with Crippen LogP contribution in [0.1, 0.15) is 46.5 Å². The van der Waals surface area contributed by atoms with Gasteiger partial charge in [-0.3, -0.25) is 0 Å². The summed E-state index contributed by atoms with van der Waals surface area (Å²) in [5.74, 6) is 1.41. The fraction of sp³-hybridized carbons (Fsp3) is 0.900. The summed E-state index contributed by atoms with van der Waals surface area (Å²) in [5.41, 5.74) is 0. The van der Waals surface area contributed by atoms with E-state index in [1.807, 2.05) is 0 Å². The minimum atomic E-state index is 0.596. The molecule has 0 spiro atoms. The predicted molar refractivity (Wildman–Crippen MR) is 48.1 cm³/mol.